The average Bonchev–Trinajstić information content (AvgIpc) is 2.93. The summed E-state index contributed by atoms with van der Waals surface area (Å²) in [7, 11) is 0. The highest BCUT2D eigenvalue weighted by atomic mass is 16.4. The van der Waals surface area contributed by atoms with E-state index >= 15 is 0 Å². The Kier molecular flexibility index (Phi) is 4.55. The fraction of sp³-hybridized carbons (Fsp3) is 0.467. The fourth-order valence-corrected chi connectivity index (χ4v) is 2.63. The molecule has 1 N–H and O–H groups in total. The summed E-state index contributed by atoms with van der Waals surface area (Å²) in [6, 6.07) is 9.30. The van der Waals surface area contributed by atoms with Gasteiger partial charge < -0.3 is 10.0 Å². The van der Waals surface area contributed by atoms with Crippen molar-refractivity contribution in [3.05, 3.63) is 35.9 Å². The van der Waals surface area contributed by atoms with Crippen molar-refractivity contribution < 1.29 is 14.7 Å². The van der Waals surface area contributed by atoms with Gasteiger partial charge in [0.15, 0.2) is 0 Å². The van der Waals surface area contributed by atoms with Gasteiger partial charge in [0.25, 0.3) is 5.91 Å². The Morgan fingerprint density at radius 3 is 2.37 bits per heavy atom. The molecule has 0 saturated heterocycles. The minimum absolute atomic E-state index is 0.00900. The number of aliphatic carboxylic acids is 1. The molecule has 2 rings (SSSR count). The molecule has 0 unspecified atom stereocenters. The minimum atomic E-state index is -0.858. The van der Waals surface area contributed by atoms with E-state index in [4.69, 9.17) is 5.11 Å². The monoisotopic (exact) mass is 261 g/mol. The van der Waals surface area contributed by atoms with Crippen molar-refractivity contribution in [3.8, 4) is 0 Å². The Bertz CT molecular complexity index is 438. The molecule has 0 heterocycles. The third kappa shape index (κ3) is 3.56. The number of hydrogen-bond donors (Lipinski definition) is 1. The lowest BCUT2D eigenvalue weighted by molar-refractivity contribution is -0.137. The lowest BCUT2D eigenvalue weighted by atomic mass is 10.1. The summed E-state index contributed by atoms with van der Waals surface area (Å²) in [6.45, 7) is 0.299. The van der Waals surface area contributed by atoms with Gasteiger partial charge in [0, 0.05) is 18.2 Å². The van der Waals surface area contributed by atoms with Crippen LogP contribution >= 0.6 is 0 Å². The van der Waals surface area contributed by atoms with E-state index < -0.39 is 5.97 Å². The lowest BCUT2D eigenvalue weighted by Gasteiger charge is -2.28. The zero-order valence-corrected chi connectivity index (χ0v) is 10.9. The topological polar surface area (TPSA) is 57.6 Å². The smallest absolute Gasteiger partial charge is 0.305 e. The van der Waals surface area contributed by atoms with Crippen molar-refractivity contribution >= 4 is 11.9 Å². The van der Waals surface area contributed by atoms with Crippen LogP contribution in [0.25, 0.3) is 0 Å². The molecule has 1 aliphatic carbocycles. The fourth-order valence-electron chi connectivity index (χ4n) is 2.63. The molecule has 4 nitrogen and oxygen atoms in total. The third-order valence-electron chi connectivity index (χ3n) is 3.61. The Morgan fingerprint density at radius 1 is 1.16 bits per heavy atom. The number of carboxylic acid groups (broad SMARTS) is 1. The number of amides is 1. The Hall–Kier alpha value is -1.84. The Morgan fingerprint density at radius 2 is 1.79 bits per heavy atom. The maximum Gasteiger partial charge on any atom is 0.305 e. The molecular formula is C15H19NO3. The van der Waals surface area contributed by atoms with Gasteiger partial charge in [-0.3, -0.25) is 9.59 Å². The number of rotatable bonds is 5. The van der Waals surface area contributed by atoms with Gasteiger partial charge in [-0.15, -0.1) is 0 Å². The molecule has 0 spiro atoms. The maximum absolute atomic E-state index is 12.5. The van der Waals surface area contributed by atoms with Crippen molar-refractivity contribution in [1.82, 2.24) is 4.90 Å². The molecule has 1 aromatic carbocycles. The summed E-state index contributed by atoms with van der Waals surface area (Å²) in [6.07, 6.45) is 4.22. The van der Waals surface area contributed by atoms with Gasteiger partial charge in [-0.2, -0.15) is 0 Å². The van der Waals surface area contributed by atoms with E-state index in [1.807, 2.05) is 18.2 Å². The summed E-state index contributed by atoms with van der Waals surface area (Å²) < 4.78 is 0. The number of benzene rings is 1. The van der Waals surface area contributed by atoms with Crippen LogP contribution < -0.4 is 0 Å². The van der Waals surface area contributed by atoms with Crippen LogP contribution in [0.2, 0.25) is 0 Å². The summed E-state index contributed by atoms with van der Waals surface area (Å²) in [5, 5.41) is 8.82. The molecule has 0 bridgehead atoms. The van der Waals surface area contributed by atoms with E-state index in [1.54, 1.807) is 17.0 Å². The number of carboxylic acids is 1. The normalized spacial score (nSPS) is 15.4. The van der Waals surface area contributed by atoms with Crippen LogP contribution in [0.4, 0.5) is 0 Å². The van der Waals surface area contributed by atoms with Crippen molar-refractivity contribution in [2.24, 2.45) is 0 Å². The molecule has 0 aliphatic heterocycles. The van der Waals surface area contributed by atoms with Crippen LogP contribution in [0.3, 0.4) is 0 Å². The summed E-state index contributed by atoms with van der Waals surface area (Å²) in [4.78, 5) is 25.0. The molecule has 19 heavy (non-hydrogen) atoms. The first-order valence-electron chi connectivity index (χ1n) is 6.76. The van der Waals surface area contributed by atoms with Crippen molar-refractivity contribution in [2.45, 2.75) is 38.1 Å². The Balaban J connectivity index is 2.11. The molecule has 0 radical (unpaired) electrons. The highest BCUT2D eigenvalue weighted by Gasteiger charge is 2.27. The van der Waals surface area contributed by atoms with E-state index in [1.165, 1.54) is 0 Å². The molecule has 1 aliphatic rings. The second-order valence-corrected chi connectivity index (χ2v) is 4.95. The first kappa shape index (κ1) is 13.6. The van der Waals surface area contributed by atoms with E-state index in [2.05, 4.69) is 0 Å². The standard InChI is InChI=1S/C15H19NO3/c17-14(18)10-11-16(13-8-4-5-9-13)15(19)12-6-2-1-3-7-12/h1-3,6-7,13H,4-5,8-11H2,(H,17,18). The quantitative estimate of drug-likeness (QED) is 0.886. The molecular weight excluding hydrogens is 242 g/mol. The summed E-state index contributed by atoms with van der Waals surface area (Å²) in [5.74, 6) is -0.905. The van der Waals surface area contributed by atoms with Crippen molar-refractivity contribution in [1.29, 1.82) is 0 Å². The maximum atomic E-state index is 12.5. The van der Waals surface area contributed by atoms with Crippen LogP contribution in [0.15, 0.2) is 30.3 Å². The largest absolute Gasteiger partial charge is 0.481 e. The molecule has 0 aromatic heterocycles. The first-order chi connectivity index (χ1) is 9.18. The molecule has 0 atom stereocenters. The molecule has 1 saturated carbocycles. The van der Waals surface area contributed by atoms with Crippen molar-refractivity contribution in [3.63, 3.8) is 0 Å². The van der Waals surface area contributed by atoms with E-state index in [0.29, 0.717) is 12.1 Å². The second kappa shape index (κ2) is 6.36. The Labute approximate surface area is 113 Å². The number of carbonyl (C=O) groups is 2. The predicted octanol–water partition coefficient (Wildman–Crippen LogP) is 2.55. The van der Waals surface area contributed by atoms with Crippen LogP contribution in [-0.2, 0) is 4.79 Å². The number of nitrogens with zero attached hydrogens (tertiary/aromatic N) is 1. The zero-order valence-electron chi connectivity index (χ0n) is 10.9. The molecule has 1 amide bonds. The average molecular weight is 261 g/mol. The second-order valence-electron chi connectivity index (χ2n) is 4.95. The summed E-state index contributed by atoms with van der Waals surface area (Å²) >= 11 is 0. The van der Waals surface area contributed by atoms with Crippen LogP contribution in [0.5, 0.6) is 0 Å². The van der Waals surface area contributed by atoms with Gasteiger partial charge in [-0.1, -0.05) is 31.0 Å². The van der Waals surface area contributed by atoms with Crippen LogP contribution in [-0.4, -0.2) is 34.5 Å². The molecule has 102 valence electrons. The molecule has 1 aromatic rings. The zero-order chi connectivity index (χ0) is 13.7. The third-order valence-corrected chi connectivity index (χ3v) is 3.61. The van der Waals surface area contributed by atoms with Gasteiger partial charge in [-0.05, 0) is 25.0 Å². The van der Waals surface area contributed by atoms with E-state index in [9.17, 15) is 9.59 Å². The van der Waals surface area contributed by atoms with Gasteiger partial charge in [0.2, 0.25) is 0 Å². The van der Waals surface area contributed by atoms with E-state index in [-0.39, 0.29) is 18.4 Å². The number of carbonyl (C=O) groups excluding carboxylic acids is 1. The molecule has 4 heteroatoms. The first-order valence-corrected chi connectivity index (χ1v) is 6.76. The van der Waals surface area contributed by atoms with Crippen LogP contribution in [0, 0.1) is 0 Å². The van der Waals surface area contributed by atoms with Gasteiger partial charge >= 0.3 is 5.97 Å². The van der Waals surface area contributed by atoms with E-state index in [0.717, 1.165) is 25.7 Å². The SMILES string of the molecule is O=C(O)CCN(C(=O)c1ccccc1)C1CCCC1. The lowest BCUT2D eigenvalue weighted by Crippen LogP contribution is -2.40. The highest BCUT2D eigenvalue weighted by Crippen LogP contribution is 2.25. The van der Waals surface area contributed by atoms with Gasteiger partial charge in [0.05, 0.1) is 6.42 Å². The van der Waals surface area contributed by atoms with Crippen LogP contribution in [0.1, 0.15) is 42.5 Å². The van der Waals surface area contributed by atoms with Crippen molar-refractivity contribution in [2.75, 3.05) is 6.54 Å². The number of hydrogen-bond acceptors (Lipinski definition) is 2. The molecule has 1 fully saturated rings. The highest BCUT2D eigenvalue weighted by molar-refractivity contribution is 5.94. The van der Waals surface area contributed by atoms with Gasteiger partial charge in [-0.25, -0.2) is 0 Å². The summed E-state index contributed by atoms with van der Waals surface area (Å²) in [5.41, 5.74) is 0.639. The van der Waals surface area contributed by atoms with Gasteiger partial charge in [0.1, 0.15) is 0 Å². The minimum Gasteiger partial charge on any atom is -0.481 e. The predicted molar refractivity (Wildman–Crippen MR) is 72.0 cm³/mol.